The Labute approximate surface area is 114 Å². The maximum absolute atomic E-state index is 11.3. The summed E-state index contributed by atoms with van der Waals surface area (Å²) in [6.07, 6.45) is 6.17. The molecule has 1 fully saturated rings. The van der Waals surface area contributed by atoms with Crippen LogP contribution in [0.5, 0.6) is 0 Å². The molecule has 0 bridgehead atoms. The number of pyridine rings is 1. The van der Waals surface area contributed by atoms with Gasteiger partial charge in [-0.2, -0.15) is 0 Å². The summed E-state index contributed by atoms with van der Waals surface area (Å²) in [5.41, 5.74) is 1.98. The summed E-state index contributed by atoms with van der Waals surface area (Å²) in [6.45, 7) is 6.37. The molecule has 0 amide bonds. The van der Waals surface area contributed by atoms with E-state index in [1.54, 1.807) is 0 Å². The number of carboxylic acid groups (broad SMARTS) is 1. The number of carboxylic acids is 1. The molecule has 1 aliphatic carbocycles. The van der Waals surface area contributed by atoms with Gasteiger partial charge in [-0.15, -0.1) is 0 Å². The highest BCUT2D eigenvalue weighted by molar-refractivity contribution is 5.93. The fraction of sp³-hybridized carbons (Fsp3) is 0.600. The van der Waals surface area contributed by atoms with E-state index in [2.05, 4.69) is 24.1 Å². The molecule has 0 spiro atoms. The van der Waals surface area contributed by atoms with Gasteiger partial charge in [0.1, 0.15) is 5.56 Å². The van der Waals surface area contributed by atoms with E-state index >= 15 is 0 Å². The van der Waals surface area contributed by atoms with Gasteiger partial charge in [-0.1, -0.05) is 26.7 Å². The number of rotatable bonds is 3. The van der Waals surface area contributed by atoms with Gasteiger partial charge in [0.2, 0.25) is 0 Å². The minimum atomic E-state index is -0.927. The SMILES string of the molecule is Cc1cc(NC2CCCCC2(C)C)c(C(=O)O)cn1. The lowest BCUT2D eigenvalue weighted by atomic mass is 9.73. The predicted octanol–water partition coefficient (Wildman–Crippen LogP) is 3.47. The molecule has 1 aromatic rings. The molecule has 0 radical (unpaired) electrons. The van der Waals surface area contributed by atoms with Crippen LogP contribution in [-0.2, 0) is 0 Å². The molecule has 1 heterocycles. The molecule has 0 aromatic carbocycles. The van der Waals surface area contributed by atoms with Crippen LogP contribution in [0.2, 0.25) is 0 Å². The minimum Gasteiger partial charge on any atom is -0.478 e. The van der Waals surface area contributed by atoms with Gasteiger partial charge in [0.15, 0.2) is 0 Å². The number of aromatic nitrogens is 1. The van der Waals surface area contributed by atoms with Crippen molar-refractivity contribution >= 4 is 11.7 Å². The molecule has 19 heavy (non-hydrogen) atoms. The summed E-state index contributed by atoms with van der Waals surface area (Å²) >= 11 is 0. The van der Waals surface area contributed by atoms with E-state index < -0.39 is 5.97 Å². The van der Waals surface area contributed by atoms with Crippen molar-refractivity contribution in [3.05, 3.63) is 23.5 Å². The maximum atomic E-state index is 11.3. The van der Waals surface area contributed by atoms with E-state index in [1.165, 1.54) is 25.5 Å². The zero-order valence-electron chi connectivity index (χ0n) is 11.9. The summed E-state index contributed by atoms with van der Waals surface area (Å²) < 4.78 is 0. The summed E-state index contributed by atoms with van der Waals surface area (Å²) in [5, 5.41) is 12.7. The van der Waals surface area contributed by atoms with Crippen LogP contribution in [0.1, 0.15) is 55.6 Å². The summed E-state index contributed by atoms with van der Waals surface area (Å²) in [4.78, 5) is 15.3. The fourth-order valence-corrected chi connectivity index (χ4v) is 2.80. The number of hydrogen-bond donors (Lipinski definition) is 2. The standard InChI is InChI=1S/C15H22N2O2/c1-10-8-12(11(9-16-10)14(18)19)17-13-6-4-5-7-15(13,2)3/h8-9,13H,4-7H2,1-3H3,(H,16,17)(H,18,19). The third-order valence-electron chi connectivity index (χ3n) is 4.11. The second kappa shape index (κ2) is 5.19. The van der Waals surface area contributed by atoms with E-state index in [0.717, 1.165) is 12.1 Å². The number of nitrogens with one attached hydrogen (secondary N) is 1. The highest BCUT2D eigenvalue weighted by atomic mass is 16.4. The Morgan fingerprint density at radius 2 is 2.21 bits per heavy atom. The molecule has 2 N–H and O–H groups in total. The number of aryl methyl sites for hydroxylation is 1. The maximum Gasteiger partial charge on any atom is 0.339 e. The van der Waals surface area contributed by atoms with Crippen molar-refractivity contribution in [1.82, 2.24) is 4.98 Å². The van der Waals surface area contributed by atoms with Gasteiger partial charge in [0.25, 0.3) is 0 Å². The Morgan fingerprint density at radius 1 is 1.47 bits per heavy atom. The second-order valence-electron chi connectivity index (χ2n) is 6.11. The van der Waals surface area contributed by atoms with Crippen molar-refractivity contribution in [2.24, 2.45) is 5.41 Å². The first-order valence-corrected chi connectivity index (χ1v) is 6.86. The number of anilines is 1. The molecular formula is C15H22N2O2. The van der Waals surface area contributed by atoms with E-state index in [9.17, 15) is 9.90 Å². The second-order valence-corrected chi connectivity index (χ2v) is 6.11. The molecular weight excluding hydrogens is 240 g/mol. The molecule has 2 rings (SSSR count). The van der Waals surface area contributed by atoms with Crippen LogP contribution in [0.4, 0.5) is 5.69 Å². The molecule has 4 heteroatoms. The largest absolute Gasteiger partial charge is 0.478 e. The van der Waals surface area contributed by atoms with Crippen LogP contribution in [0.15, 0.2) is 12.3 Å². The van der Waals surface area contributed by atoms with Crippen molar-refractivity contribution in [3.8, 4) is 0 Å². The first-order valence-electron chi connectivity index (χ1n) is 6.86. The van der Waals surface area contributed by atoms with Gasteiger partial charge in [0, 0.05) is 17.9 Å². The van der Waals surface area contributed by atoms with E-state index in [-0.39, 0.29) is 11.0 Å². The molecule has 1 saturated carbocycles. The molecule has 1 unspecified atom stereocenters. The Hall–Kier alpha value is -1.58. The smallest absolute Gasteiger partial charge is 0.339 e. The van der Waals surface area contributed by atoms with Gasteiger partial charge in [-0.25, -0.2) is 4.79 Å². The van der Waals surface area contributed by atoms with E-state index in [4.69, 9.17) is 0 Å². The van der Waals surface area contributed by atoms with Crippen LogP contribution in [-0.4, -0.2) is 22.1 Å². The number of aromatic carboxylic acids is 1. The van der Waals surface area contributed by atoms with Crippen LogP contribution in [0.3, 0.4) is 0 Å². The Balaban J connectivity index is 2.27. The normalized spacial score (nSPS) is 21.9. The van der Waals surface area contributed by atoms with E-state index in [1.807, 2.05) is 13.0 Å². The molecule has 1 atom stereocenters. The van der Waals surface area contributed by atoms with Crippen LogP contribution < -0.4 is 5.32 Å². The topological polar surface area (TPSA) is 62.2 Å². The summed E-state index contributed by atoms with van der Waals surface area (Å²) in [7, 11) is 0. The number of carbonyl (C=O) groups is 1. The molecule has 0 saturated heterocycles. The number of nitrogens with zero attached hydrogens (tertiary/aromatic N) is 1. The highest BCUT2D eigenvalue weighted by Crippen LogP contribution is 2.37. The summed E-state index contributed by atoms with van der Waals surface area (Å²) in [6, 6.07) is 2.15. The van der Waals surface area contributed by atoms with Crippen molar-refractivity contribution in [2.45, 2.75) is 52.5 Å². The van der Waals surface area contributed by atoms with Crippen molar-refractivity contribution in [2.75, 3.05) is 5.32 Å². The highest BCUT2D eigenvalue weighted by Gasteiger charge is 2.32. The van der Waals surface area contributed by atoms with Gasteiger partial charge in [-0.3, -0.25) is 4.98 Å². The van der Waals surface area contributed by atoms with Gasteiger partial charge in [-0.05, 0) is 31.2 Å². The van der Waals surface area contributed by atoms with Gasteiger partial charge >= 0.3 is 5.97 Å². The van der Waals surface area contributed by atoms with Crippen molar-refractivity contribution in [3.63, 3.8) is 0 Å². The zero-order chi connectivity index (χ0) is 14.0. The third kappa shape index (κ3) is 3.06. The number of hydrogen-bond acceptors (Lipinski definition) is 3. The Bertz CT molecular complexity index is 483. The third-order valence-corrected chi connectivity index (χ3v) is 4.11. The first-order chi connectivity index (χ1) is 8.90. The van der Waals surface area contributed by atoms with Crippen LogP contribution in [0.25, 0.3) is 0 Å². The quantitative estimate of drug-likeness (QED) is 0.875. The zero-order valence-corrected chi connectivity index (χ0v) is 11.9. The molecule has 0 aliphatic heterocycles. The average molecular weight is 262 g/mol. The van der Waals surface area contributed by atoms with Gasteiger partial charge in [0.05, 0.1) is 5.69 Å². The Kier molecular flexibility index (Phi) is 3.78. The molecule has 1 aromatic heterocycles. The molecule has 104 valence electrons. The Morgan fingerprint density at radius 3 is 2.84 bits per heavy atom. The lowest BCUT2D eigenvalue weighted by molar-refractivity contribution is 0.0697. The minimum absolute atomic E-state index is 0.200. The van der Waals surface area contributed by atoms with Crippen LogP contribution >= 0.6 is 0 Å². The van der Waals surface area contributed by atoms with E-state index in [0.29, 0.717) is 11.7 Å². The molecule has 4 nitrogen and oxygen atoms in total. The van der Waals surface area contributed by atoms with Crippen molar-refractivity contribution < 1.29 is 9.90 Å². The molecule has 1 aliphatic rings. The van der Waals surface area contributed by atoms with Crippen LogP contribution in [0, 0.1) is 12.3 Å². The summed E-state index contributed by atoms with van der Waals surface area (Å²) in [5.74, 6) is -0.927. The van der Waals surface area contributed by atoms with Crippen molar-refractivity contribution in [1.29, 1.82) is 0 Å². The lowest BCUT2D eigenvalue weighted by Gasteiger charge is -2.39. The predicted molar refractivity (Wildman–Crippen MR) is 75.6 cm³/mol. The average Bonchev–Trinajstić information content (AvgIpc) is 2.31. The van der Waals surface area contributed by atoms with Gasteiger partial charge < -0.3 is 10.4 Å². The lowest BCUT2D eigenvalue weighted by Crippen LogP contribution is -2.39. The monoisotopic (exact) mass is 262 g/mol. The first kappa shape index (κ1) is 13.8. The fourth-order valence-electron chi connectivity index (χ4n) is 2.80.